The molecule has 0 saturated heterocycles. The number of nitrogens with zero attached hydrogens (tertiary/aromatic N) is 4. The summed E-state index contributed by atoms with van der Waals surface area (Å²) < 4.78 is 6.71. The third kappa shape index (κ3) is 3.84. The van der Waals surface area contributed by atoms with Gasteiger partial charge in [-0.3, -0.25) is 4.79 Å². The molecule has 2 aromatic heterocycles. The first-order chi connectivity index (χ1) is 12.1. The number of carbonyl (C=O) groups is 1. The number of aryl methyl sites for hydroxylation is 1. The zero-order chi connectivity index (χ0) is 17.8. The predicted octanol–water partition coefficient (Wildman–Crippen LogP) is 2.83. The van der Waals surface area contributed by atoms with E-state index in [0.717, 1.165) is 30.7 Å². The Labute approximate surface area is 151 Å². The van der Waals surface area contributed by atoms with Crippen LogP contribution in [0.3, 0.4) is 0 Å². The lowest BCUT2D eigenvalue weighted by Crippen LogP contribution is -2.42. The number of amides is 1. The Hall–Kier alpha value is -1.96. The highest BCUT2D eigenvalue weighted by Crippen LogP contribution is 2.26. The summed E-state index contributed by atoms with van der Waals surface area (Å²) in [5, 5.41) is 8.79. The number of furan rings is 1. The quantitative estimate of drug-likeness (QED) is 0.627. The van der Waals surface area contributed by atoms with Crippen LogP contribution in [0.15, 0.2) is 21.9 Å². The fourth-order valence-corrected chi connectivity index (χ4v) is 4.16. The maximum absolute atomic E-state index is 12.6. The summed E-state index contributed by atoms with van der Waals surface area (Å²) in [5.74, 6) is 7.85. The summed E-state index contributed by atoms with van der Waals surface area (Å²) in [7, 11) is 0. The van der Waals surface area contributed by atoms with E-state index >= 15 is 0 Å². The zero-order valence-corrected chi connectivity index (χ0v) is 15.6. The number of aromatic nitrogens is 3. The first-order valence-corrected chi connectivity index (χ1v) is 9.77. The average Bonchev–Trinajstić information content (AvgIpc) is 3.20. The maximum atomic E-state index is 12.6. The minimum absolute atomic E-state index is 0.142. The summed E-state index contributed by atoms with van der Waals surface area (Å²) in [6.45, 7) is 4.64. The van der Waals surface area contributed by atoms with Crippen LogP contribution in [-0.4, -0.2) is 44.0 Å². The van der Waals surface area contributed by atoms with Crippen LogP contribution in [0.1, 0.15) is 44.8 Å². The lowest BCUT2D eigenvalue weighted by atomic mass is 9.94. The number of rotatable bonds is 6. The van der Waals surface area contributed by atoms with Crippen LogP contribution in [0.5, 0.6) is 0 Å². The Morgan fingerprint density at radius 2 is 2.16 bits per heavy atom. The van der Waals surface area contributed by atoms with Gasteiger partial charge >= 0.3 is 0 Å². The maximum Gasteiger partial charge on any atom is 0.233 e. The fraction of sp³-hybridized carbons (Fsp3) is 0.588. The second-order valence-electron chi connectivity index (χ2n) is 6.33. The lowest BCUT2D eigenvalue weighted by molar-refractivity contribution is -0.131. The van der Waals surface area contributed by atoms with Gasteiger partial charge in [-0.25, -0.2) is 4.68 Å². The Bertz CT molecular complexity index is 720. The summed E-state index contributed by atoms with van der Waals surface area (Å²) in [6.07, 6.45) is 7.53. The molecule has 0 spiro atoms. The van der Waals surface area contributed by atoms with Crippen molar-refractivity contribution in [3.05, 3.63) is 18.1 Å². The number of thioether (sulfide) groups is 1. The van der Waals surface area contributed by atoms with Gasteiger partial charge in [-0.1, -0.05) is 31.0 Å². The Morgan fingerprint density at radius 1 is 1.40 bits per heavy atom. The van der Waals surface area contributed by atoms with Crippen molar-refractivity contribution in [2.45, 2.75) is 57.1 Å². The van der Waals surface area contributed by atoms with Crippen molar-refractivity contribution < 1.29 is 9.21 Å². The molecule has 7 nitrogen and oxygen atoms in total. The monoisotopic (exact) mass is 363 g/mol. The highest BCUT2D eigenvalue weighted by molar-refractivity contribution is 7.99. The van der Waals surface area contributed by atoms with Crippen LogP contribution < -0.4 is 5.84 Å². The van der Waals surface area contributed by atoms with E-state index < -0.39 is 0 Å². The van der Waals surface area contributed by atoms with Crippen LogP contribution in [0.2, 0.25) is 0 Å². The molecule has 0 bridgehead atoms. The summed E-state index contributed by atoms with van der Waals surface area (Å²) in [6, 6.07) is 2.19. The minimum Gasteiger partial charge on any atom is -0.469 e. The first-order valence-electron chi connectivity index (χ1n) is 8.79. The van der Waals surface area contributed by atoms with Crippen LogP contribution in [0.4, 0.5) is 0 Å². The van der Waals surface area contributed by atoms with Gasteiger partial charge in [0.25, 0.3) is 0 Å². The Kier molecular flexibility index (Phi) is 5.67. The fourth-order valence-electron chi connectivity index (χ4n) is 3.42. The molecule has 0 radical (unpaired) electrons. The zero-order valence-electron chi connectivity index (χ0n) is 14.8. The van der Waals surface area contributed by atoms with E-state index in [1.54, 1.807) is 6.26 Å². The SMILES string of the molecule is CCN(C(=O)CSc1nnc(-c2ccoc2C)n1N)C1CCCCC1. The molecule has 3 rings (SSSR count). The second kappa shape index (κ2) is 7.95. The van der Waals surface area contributed by atoms with E-state index in [4.69, 9.17) is 10.3 Å². The lowest BCUT2D eigenvalue weighted by Gasteiger charge is -2.33. The Morgan fingerprint density at radius 3 is 2.80 bits per heavy atom. The van der Waals surface area contributed by atoms with Crippen molar-refractivity contribution in [1.29, 1.82) is 0 Å². The molecule has 136 valence electrons. The molecule has 1 amide bonds. The van der Waals surface area contributed by atoms with Crippen LogP contribution >= 0.6 is 11.8 Å². The molecule has 2 N–H and O–H groups in total. The van der Waals surface area contributed by atoms with Crippen LogP contribution in [0, 0.1) is 6.92 Å². The van der Waals surface area contributed by atoms with Crippen molar-refractivity contribution in [3.8, 4) is 11.4 Å². The molecule has 25 heavy (non-hydrogen) atoms. The van der Waals surface area contributed by atoms with E-state index in [0.29, 0.717) is 22.8 Å². The van der Waals surface area contributed by atoms with Gasteiger partial charge < -0.3 is 15.2 Å². The van der Waals surface area contributed by atoms with Crippen molar-refractivity contribution in [2.24, 2.45) is 0 Å². The van der Waals surface area contributed by atoms with Gasteiger partial charge in [0.05, 0.1) is 17.6 Å². The molecule has 0 unspecified atom stereocenters. The molecule has 1 saturated carbocycles. The second-order valence-corrected chi connectivity index (χ2v) is 7.27. The largest absolute Gasteiger partial charge is 0.469 e. The molecule has 8 heteroatoms. The standard InChI is InChI=1S/C17H25N5O2S/c1-3-21(13-7-5-4-6-8-13)15(23)11-25-17-20-19-16(22(17)18)14-9-10-24-12(14)2/h9-10,13H,3-8,11,18H2,1-2H3. The molecular formula is C17H25N5O2S. The molecule has 1 fully saturated rings. The van der Waals surface area contributed by atoms with Gasteiger partial charge in [-0.05, 0) is 32.8 Å². The average molecular weight is 363 g/mol. The number of carbonyl (C=O) groups excluding carboxylic acids is 1. The van der Waals surface area contributed by atoms with E-state index in [1.165, 1.54) is 35.7 Å². The van der Waals surface area contributed by atoms with Gasteiger partial charge in [0.1, 0.15) is 5.76 Å². The van der Waals surface area contributed by atoms with Gasteiger partial charge in [0.15, 0.2) is 5.82 Å². The first kappa shape index (κ1) is 17.8. The van der Waals surface area contributed by atoms with Gasteiger partial charge in [0, 0.05) is 12.6 Å². The number of hydrogen-bond acceptors (Lipinski definition) is 6. The van der Waals surface area contributed by atoms with E-state index in [-0.39, 0.29) is 5.91 Å². The molecule has 2 heterocycles. The highest BCUT2D eigenvalue weighted by atomic mass is 32.2. The smallest absolute Gasteiger partial charge is 0.233 e. The molecule has 1 aliphatic rings. The number of nitrogens with two attached hydrogens (primary N) is 1. The highest BCUT2D eigenvalue weighted by Gasteiger charge is 2.25. The van der Waals surface area contributed by atoms with Crippen LogP contribution in [0.25, 0.3) is 11.4 Å². The van der Waals surface area contributed by atoms with Crippen molar-refractivity contribution >= 4 is 17.7 Å². The summed E-state index contributed by atoms with van der Waals surface area (Å²) >= 11 is 1.33. The third-order valence-electron chi connectivity index (χ3n) is 4.77. The van der Waals surface area contributed by atoms with E-state index in [9.17, 15) is 4.79 Å². The molecule has 1 aliphatic carbocycles. The minimum atomic E-state index is 0.142. The molecule has 0 aromatic carbocycles. The van der Waals surface area contributed by atoms with Gasteiger partial charge in [-0.15, -0.1) is 10.2 Å². The predicted molar refractivity (Wildman–Crippen MR) is 97.6 cm³/mol. The van der Waals surface area contributed by atoms with E-state index in [2.05, 4.69) is 10.2 Å². The van der Waals surface area contributed by atoms with Gasteiger partial charge in [0.2, 0.25) is 11.1 Å². The number of nitrogen functional groups attached to an aromatic ring is 1. The Balaban J connectivity index is 1.64. The molecule has 2 aromatic rings. The normalized spacial score (nSPS) is 15.4. The van der Waals surface area contributed by atoms with Crippen LogP contribution in [-0.2, 0) is 4.79 Å². The van der Waals surface area contributed by atoms with E-state index in [1.807, 2.05) is 24.8 Å². The molecular weight excluding hydrogens is 338 g/mol. The third-order valence-corrected chi connectivity index (χ3v) is 5.69. The van der Waals surface area contributed by atoms with Gasteiger partial charge in [-0.2, -0.15) is 0 Å². The summed E-state index contributed by atoms with van der Waals surface area (Å²) in [4.78, 5) is 14.6. The number of hydrogen-bond donors (Lipinski definition) is 1. The van der Waals surface area contributed by atoms with Crippen molar-refractivity contribution in [2.75, 3.05) is 18.1 Å². The summed E-state index contributed by atoms with van der Waals surface area (Å²) in [5.41, 5.74) is 0.811. The molecule has 0 atom stereocenters. The van der Waals surface area contributed by atoms with Crippen molar-refractivity contribution in [1.82, 2.24) is 19.8 Å². The molecule has 0 aliphatic heterocycles. The topological polar surface area (TPSA) is 90.2 Å². The van der Waals surface area contributed by atoms with Crippen molar-refractivity contribution in [3.63, 3.8) is 0 Å².